The van der Waals surface area contributed by atoms with Gasteiger partial charge in [0.1, 0.15) is 0 Å². The summed E-state index contributed by atoms with van der Waals surface area (Å²) in [4.78, 5) is 0. The summed E-state index contributed by atoms with van der Waals surface area (Å²) >= 11 is 0. The predicted molar refractivity (Wildman–Crippen MR) is 282 cm³/mol. The van der Waals surface area contributed by atoms with Crippen molar-refractivity contribution in [2.24, 2.45) is 0 Å². The fraction of sp³-hybridized carbons (Fsp3) is 0. The van der Waals surface area contributed by atoms with Gasteiger partial charge in [-0.25, -0.2) is 0 Å². The van der Waals surface area contributed by atoms with Crippen LogP contribution in [-0.4, -0.2) is 0 Å². The Morgan fingerprint density at radius 1 is 0.167 bits per heavy atom. The van der Waals surface area contributed by atoms with E-state index in [1.165, 1.54) is 143 Å². The average Bonchev–Trinajstić information content (AvgIpc) is 3.73. The van der Waals surface area contributed by atoms with Gasteiger partial charge in [0.05, 0.1) is 0 Å². The molecule has 0 amide bonds. The Bertz CT molecular complexity index is 3680. The first-order valence-electron chi connectivity index (χ1n) is 23.0. The largest absolute Gasteiger partial charge is 0.0622 e. The maximum atomic E-state index is 2.44. The molecule has 0 heteroatoms. The quantitative estimate of drug-likeness (QED) is 0.116. The average molecular weight is 833 g/mol. The highest BCUT2D eigenvalue weighted by molar-refractivity contribution is 6.39. The van der Waals surface area contributed by atoms with E-state index in [-0.39, 0.29) is 0 Å². The van der Waals surface area contributed by atoms with Crippen LogP contribution >= 0.6 is 0 Å². The topological polar surface area (TPSA) is 0 Å². The molecule has 0 saturated carbocycles. The number of hydrogen-bond acceptors (Lipinski definition) is 0. The Balaban J connectivity index is 1.16. The second-order valence-corrected chi connectivity index (χ2v) is 17.9. The summed E-state index contributed by atoms with van der Waals surface area (Å²) in [6.45, 7) is 0. The summed E-state index contributed by atoms with van der Waals surface area (Å²) in [6, 6.07) is 90.5. The molecule has 0 spiro atoms. The van der Waals surface area contributed by atoms with E-state index in [9.17, 15) is 0 Å². The maximum Gasteiger partial charge on any atom is -0.000740 e. The van der Waals surface area contributed by atoms with E-state index >= 15 is 0 Å². The van der Waals surface area contributed by atoms with Crippen molar-refractivity contribution in [3.05, 3.63) is 243 Å². The zero-order valence-electron chi connectivity index (χ0n) is 36.1. The van der Waals surface area contributed by atoms with E-state index in [2.05, 4.69) is 243 Å². The lowest BCUT2D eigenvalue weighted by Gasteiger charge is -2.22. The first-order chi connectivity index (χ1) is 32.7. The van der Waals surface area contributed by atoms with Crippen LogP contribution in [0.3, 0.4) is 0 Å². The third-order valence-electron chi connectivity index (χ3n) is 14.3. The van der Waals surface area contributed by atoms with Crippen LogP contribution in [0, 0.1) is 0 Å². The third-order valence-corrected chi connectivity index (χ3v) is 14.3. The van der Waals surface area contributed by atoms with Gasteiger partial charge >= 0.3 is 0 Å². The van der Waals surface area contributed by atoms with E-state index < -0.39 is 0 Å². The van der Waals surface area contributed by atoms with Gasteiger partial charge in [0.25, 0.3) is 0 Å². The first kappa shape index (κ1) is 36.9. The molecule has 1 aliphatic carbocycles. The smallest absolute Gasteiger partial charge is 0.000740 e. The van der Waals surface area contributed by atoms with Crippen LogP contribution < -0.4 is 0 Å². The van der Waals surface area contributed by atoms with Gasteiger partial charge in [0.15, 0.2) is 0 Å². The van der Waals surface area contributed by atoms with Crippen molar-refractivity contribution >= 4 is 53.9 Å². The van der Waals surface area contributed by atoms with Gasteiger partial charge in [-0.3, -0.25) is 0 Å². The number of benzene rings is 13. The van der Waals surface area contributed by atoms with Gasteiger partial charge < -0.3 is 0 Å². The third kappa shape index (κ3) is 5.52. The Morgan fingerprint density at radius 2 is 0.485 bits per heavy atom. The lowest BCUT2D eigenvalue weighted by Crippen LogP contribution is -1.95. The fourth-order valence-corrected chi connectivity index (χ4v) is 11.5. The van der Waals surface area contributed by atoms with Crippen molar-refractivity contribution in [3.8, 4) is 89.0 Å². The van der Waals surface area contributed by atoms with Gasteiger partial charge in [0.2, 0.25) is 0 Å². The van der Waals surface area contributed by atoms with Crippen LogP contribution in [0.4, 0.5) is 0 Å². The van der Waals surface area contributed by atoms with E-state index in [4.69, 9.17) is 0 Å². The van der Waals surface area contributed by atoms with Gasteiger partial charge in [-0.1, -0.05) is 206 Å². The molecule has 13 aromatic rings. The van der Waals surface area contributed by atoms with Crippen LogP contribution in [-0.2, 0) is 0 Å². The van der Waals surface area contributed by atoms with Crippen molar-refractivity contribution in [1.82, 2.24) is 0 Å². The molecule has 304 valence electrons. The van der Waals surface area contributed by atoms with Crippen molar-refractivity contribution in [2.75, 3.05) is 0 Å². The Kier molecular flexibility index (Phi) is 8.08. The number of rotatable bonds is 6. The zero-order chi connectivity index (χ0) is 43.3. The Labute approximate surface area is 383 Å². The Morgan fingerprint density at radius 3 is 0.864 bits per heavy atom. The maximum absolute atomic E-state index is 2.44. The monoisotopic (exact) mass is 832 g/mol. The van der Waals surface area contributed by atoms with E-state index in [1.54, 1.807) is 0 Å². The van der Waals surface area contributed by atoms with E-state index in [0.29, 0.717) is 0 Å². The molecule has 0 atom stereocenters. The van der Waals surface area contributed by atoms with Crippen LogP contribution in [0.15, 0.2) is 243 Å². The number of hydrogen-bond donors (Lipinski definition) is 0. The normalized spacial score (nSPS) is 11.9. The molecule has 13 aromatic carbocycles. The van der Waals surface area contributed by atoms with E-state index in [0.717, 1.165) is 0 Å². The highest BCUT2D eigenvalue weighted by Gasteiger charge is 2.33. The summed E-state index contributed by atoms with van der Waals surface area (Å²) in [5.74, 6) is 0. The second kappa shape index (κ2) is 14.5. The minimum atomic E-state index is 1.20. The molecule has 14 rings (SSSR count). The molecule has 66 heavy (non-hydrogen) atoms. The van der Waals surface area contributed by atoms with Crippen molar-refractivity contribution < 1.29 is 0 Å². The molecule has 0 saturated heterocycles. The fourth-order valence-electron chi connectivity index (χ4n) is 11.5. The van der Waals surface area contributed by atoms with Crippen LogP contribution in [0.25, 0.3) is 143 Å². The van der Waals surface area contributed by atoms with Gasteiger partial charge in [0, 0.05) is 0 Å². The SMILES string of the molecule is c1ccc(-c2cc(-c3ccccc3)cc(-c3c4c(c(-c5cc(-c6ccccc6)cc(-c6ccccc6)c5)c5ccccc35)-c3ccc5c6cccc7cccc(c8ccc-4c3c85)c76)c2)cc1. The molecule has 1 aliphatic rings. The van der Waals surface area contributed by atoms with Gasteiger partial charge in [-0.2, -0.15) is 0 Å². The molecule has 0 aromatic heterocycles. The zero-order valence-corrected chi connectivity index (χ0v) is 36.1. The molecule has 0 fully saturated rings. The molecule has 0 N–H and O–H groups in total. The highest BCUT2D eigenvalue weighted by atomic mass is 14.3. The molecule has 0 unspecified atom stereocenters. The summed E-state index contributed by atoms with van der Waals surface area (Å²) < 4.78 is 0. The van der Waals surface area contributed by atoms with Crippen molar-refractivity contribution in [3.63, 3.8) is 0 Å². The van der Waals surface area contributed by atoms with Gasteiger partial charge in [-0.15, -0.1) is 0 Å². The predicted octanol–water partition coefficient (Wildman–Crippen LogP) is 18.5. The van der Waals surface area contributed by atoms with Crippen LogP contribution in [0.1, 0.15) is 0 Å². The van der Waals surface area contributed by atoms with Crippen molar-refractivity contribution in [2.45, 2.75) is 0 Å². The van der Waals surface area contributed by atoms with E-state index in [1.807, 2.05) is 0 Å². The van der Waals surface area contributed by atoms with Crippen LogP contribution in [0.5, 0.6) is 0 Å². The molecule has 0 heterocycles. The molecule has 0 aliphatic heterocycles. The first-order valence-corrected chi connectivity index (χ1v) is 23.0. The molecular formula is C66H40. The summed E-state index contributed by atoms with van der Waals surface area (Å²) in [6.07, 6.45) is 0. The second-order valence-electron chi connectivity index (χ2n) is 17.9. The molecule has 0 radical (unpaired) electrons. The lowest BCUT2D eigenvalue weighted by atomic mass is 9.80. The number of fused-ring (bicyclic) bond motifs is 6. The standard InChI is InChI=1S/C66H40/c1-5-17-41(18-6-1)46-35-47(42-19-7-2-8-20-42)38-50(37-46)61-54-27-13-14-28-55(54)62(51-39-48(43-21-9-3-10-22-43)36-49(40-51)44-23-11-4-12-24-44)66-59-34-32-57-53-30-16-26-45-25-15-29-52(60(45)53)56-31-33-58(65(61)66)64(59)63(56)57/h1-40H. The lowest BCUT2D eigenvalue weighted by molar-refractivity contribution is 1.56. The minimum Gasteiger partial charge on any atom is -0.0622 e. The van der Waals surface area contributed by atoms with Crippen molar-refractivity contribution in [1.29, 1.82) is 0 Å². The summed E-state index contributed by atoms with van der Waals surface area (Å²) in [5.41, 5.74) is 19.8. The molecule has 0 nitrogen and oxygen atoms in total. The van der Waals surface area contributed by atoms with Crippen LogP contribution in [0.2, 0.25) is 0 Å². The Hall–Kier alpha value is -8.58. The summed E-state index contributed by atoms with van der Waals surface area (Å²) in [5, 5.41) is 13.0. The molecular weight excluding hydrogens is 793 g/mol. The molecule has 0 bridgehead atoms. The minimum absolute atomic E-state index is 1.20. The highest BCUT2D eigenvalue weighted by Crippen LogP contribution is 2.60. The summed E-state index contributed by atoms with van der Waals surface area (Å²) in [7, 11) is 0. The van der Waals surface area contributed by atoms with Gasteiger partial charge in [-0.05, 0) is 179 Å².